The van der Waals surface area contributed by atoms with Crippen molar-refractivity contribution in [3.05, 3.63) is 23.6 Å². The maximum absolute atomic E-state index is 12.7. The third-order valence-electron chi connectivity index (χ3n) is 1.88. The van der Waals surface area contributed by atoms with Gasteiger partial charge in [0.1, 0.15) is 12.0 Å². The van der Waals surface area contributed by atoms with E-state index in [0.29, 0.717) is 12.8 Å². The number of halogens is 2. The van der Waals surface area contributed by atoms with Crippen molar-refractivity contribution < 1.29 is 8.78 Å². The van der Waals surface area contributed by atoms with Crippen LogP contribution in [0.3, 0.4) is 0 Å². The van der Waals surface area contributed by atoms with Gasteiger partial charge in [0.05, 0.1) is 0 Å². The summed E-state index contributed by atoms with van der Waals surface area (Å²) in [5.41, 5.74) is 0.999. The van der Waals surface area contributed by atoms with Gasteiger partial charge in [-0.25, -0.2) is 8.78 Å². The van der Waals surface area contributed by atoms with Crippen molar-refractivity contribution in [2.75, 3.05) is 0 Å². The molecule has 0 amide bonds. The van der Waals surface area contributed by atoms with Crippen molar-refractivity contribution in [2.24, 2.45) is 0 Å². The Balaban J connectivity index is 2.70. The Morgan fingerprint density at radius 1 is 1.64 bits per heavy atom. The summed E-state index contributed by atoms with van der Waals surface area (Å²) in [6.07, 6.45) is 3.31. The van der Waals surface area contributed by atoms with Gasteiger partial charge in [-0.05, 0) is 31.4 Å². The fraction of sp³-hybridized carbons (Fsp3) is 0.556. The SMILES string of the molecule is CCC1=CC(F)=CC(F)CC1. The van der Waals surface area contributed by atoms with E-state index in [1.165, 1.54) is 6.08 Å². The molecule has 0 saturated carbocycles. The van der Waals surface area contributed by atoms with Crippen LogP contribution in [0.4, 0.5) is 8.78 Å². The van der Waals surface area contributed by atoms with Gasteiger partial charge >= 0.3 is 0 Å². The highest BCUT2D eigenvalue weighted by Gasteiger charge is 2.10. The first-order valence-electron chi connectivity index (χ1n) is 3.93. The molecular weight excluding hydrogens is 146 g/mol. The van der Waals surface area contributed by atoms with Crippen LogP contribution in [0.15, 0.2) is 23.6 Å². The molecule has 0 spiro atoms. The van der Waals surface area contributed by atoms with Crippen LogP contribution in [0.2, 0.25) is 0 Å². The largest absolute Gasteiger partial charge is 0.243 e. The van der Waals surface area contributed by atoms with Crippen LogP contribution >= 0.6 is 0 Å². The highest BCUT2D eigenvalue weighted by Crippen LogP contribution is 2.21. The molecule has 11 heavy (non-hydrogen) atoms. The Bertz CT molecular complexity index is 192. The molecule has 1 rings (SSSR count). The average Bonchev–Trinajstić information content (AvgIpc) is 2.11. The Morgan fingerprint density at radius 2 is 2.36 bits per heavy atom. The monoisotopic (exact) mass is 158 g/mol. The molecule has 0 saturated heterocycles. The van der Waals surface area contributed by atoms with E-state index >= 15 is 0 Å². The molecule has 0 aromatic rings. The van der Waals surface area contributed by atoms with Gasteiger partial charge in [0, 0.05) is 0 Å². The van der Waals surface area contributed by atoms with E-state index in [1.807, 2.05) is 6.92 Å². The second-order valence-electron chi connectivity index (χ2n) is 2.76. The molecule has 2 heteroatoms. The molecule has 1 unspecified atom stereocenters. The molecule has 0 aliphatic heterocycles. The molecule has 0 fully saturated rings. The van der Waals surface area contributed by atoms with Gasteiger partial charge < -0.3 is 0 Å². The number of hydrogen-bond acceptors (Lipinski definition) is 0. The maximum Gasteiger partial charge on any atom is 0.122 e. The molecule has 0 aromatic carbocycles. The normalized spacial score (nSPS) is 25.5. The summed E-state index contributed by atoms with van der Waals surface area (Å²) in [6.45, 7) is 1.96. The molecule has 0 heterocycles. The van der Waals surface area contributed by atoms with Crippen molar-refractivity contribution in [1.29, 1.82) is 0 Å². The predicted octanol–water partition coefficient (Wildman–Crippen LogP) is 3.31. The third kappa shape index (κ3) is 2.45. The molecule has 0 bridgehead atoms. The lowest BCUT2D eigenvalue weighted by Gasteiger charge is -2.00. The smallest absolute Gasteiger partial charge is 0.122 e. The van der Waals surface area contributed by atoms with E-state index in [0.717, 1.165) is 18.1 Å². The van der Waals surface area contributed by atoms with E-state index < -0.39 is 12.0 Å². The molecule has 0 N–H and O–H groups in total. The van der Waals surface area contributed by atoms with Crippen molar-refractivity contribution >= 4 is 0 Å². The number of hydrogen-bond donors (Lipinski definition) is 0. The fourth-order valence-corrected chi connectivity index (χ4v) is 1.17. The maximum atomic E-state index is 12.7. The molecule has 1 aliphatic rings. The van der Waals surface area contributed by atoms with Crippen molar-refractivity contribution in [3.8, 4) is 0 Å². The Kier molecular flexibility index (Phi) is 2.80. The van der Waals surface area contributed by atoms with Crippen molar-refractivity contribution in [2.45, 2.75) is 32.4 Å². The number of allylic oxidation sites excluding steroid dienone is 4. The van der Waals surface area contributed by atoms with Crippen LogP contribution in [0, 0.1) is 0 Å². The lowest BCUT2D eigenvalue weighted by molar-refractivity contribution is 0.375. The van der Waals surface area contributed by atoms with Crippen LogP contribution in [0.1, 0.15) is 26.2 Å². The van der Waals surface area contributed by atoms with Crippen LogP contribution in [0.5, 0.6) is 0 Å². The van der Waals surface area contributed by atoms with Crippen LogP contribution in [-0.4, -0.2) is 6.17 Å². The third-order valence-corrected chi connectivity index (χ3v) is 1.88. The van der Waals surface area contributed by atoms with E-state index in [-0.39, 0.29) is 0 Å². The van der Waals surface area contributed by atoms with Crippen molar-refractivity contribution in [1.82, 2.24) is 0 Å². The van der Waals surface area contributed by atoms with Crippen LogP contribution in [-0.2, 0) is 0 Å². The standard InChI is InChI=1S/C9H12F2/c1-2-7-3-4-8(10)6-9(11)5-7/h5-6,8H,2-4H2,1H3. The van der Waals surface area contributed by atoms with Gasteiger partial charge in [-0.1, -0.05) is 12.5 Å². The second-order valence-corrected chi connectivity index (χ2v) is 2.76. The zero-order valence-electron chi connectivity index (χ0n) is 6.61. The fourth-order valence-electron chi connectivity index (χ4n) is 1.17. The molecule has 0 nitrogen and oxygen atoms in total. The summed E-state index contributed by atoms with van der Waals surface area (Å²) in [7, 11) is 0. The van der Waals surface area contributed by atoms with E-state index in [4.69, 9.17) is 0 Å². The van der Waals surface area contributed by atoms with E-state index in [1.54, 1.807) is 0 Å². The minimum absolute atomic E-state index is 0.424. The summed E-state index contributed by atoms with van der Waals surface area (Å²) in [6, 6.07) is 0. The highest BCUT2D eigenvalue weighted by atomic mass is 19.1. The van der Waals surface area contributed by atoms with E-state index in [9.17, 15) is 8.78 Å². The lowest BCUT2D eigenvalue weighted by atomic mass is 10.1. The summed E-state index contributed by atoms with van der Waals surface area (Å²) < 4.78 is 25.3. The first kappa shape index (κ1) is 8.44. The molecule has 0 aromatic heterocycles. The van der Waals surface area contributed by atoms with Crippen molar-refractivity contribution in [3.63, 3.8) is 0 Å². The summed E-state index contributed by atoms with van der Waals surface area (Å²) in [5.74, 6) is -0.424. The molecular formula is C9H12F2. The zero-order chi connectivity index (χ0) is 8.27. The first-order chi connectivity index (χ1) is 5.22. The predicted molar refractivity (Wildman–Crippen MR) is 41.7 cm³/mol. The van der Waals surface area contributed by atoms with Gasteiger partial charge in [0.25, 0.3) is 0 Å². The lowest BCUT2D eigenvalue weighted by Crippen LogP contribution is -1.93. The van der Waals surface area contributed by atoms with Crippen LogP contribution < -0.4 is 0 Å². The van der Waals surface area contributed by atoms with Gasteiger partial charge in [-0.15, -0.1) is 0 Å². The molecule has 1 atom stereocenters. The van der Waals surface area contributed by atoms with Gasteiger partial charge in [-0.2, -0.15) is 0 Å². The summed E-state index contributed by atoms with van der Waals surface area (Å²) in [4.78, 5) is 0. The topological polar surface area (TPSA) is 0 Å². The van der Waals surface area contributed by atoms with Gasteiger partial charge in [0.2, 0.25) is 0 Å². The summed E-state index contributed by atoms with van der Waals surface area (Å²) >= 11 is 0. The van der Waals surface area contributed by atoms with Crippen LogP contribution in [0.25, 0.3) is 0 Å². The molecule has 1 aliphatic carbocycles. The van der Waals surface area contributed by atoms with Gasteiger partial charge in [-0.3, -0.25) is 0 Å². The molecule has 62 valence electrons. The van der Waals surface area contributed by atoms with Gasteiger partial charge in [0.15, 0.2) is 0 Å². The number of alkyl halides is 1. The minimum Gasteiger partial charge on any atom is -0.243 e. The Hall–Kier alpha value is -0.660. The zero-order valence-corrected chi connectivity index (χ0v) is 6.61. The Labute approximate surface area is 65.6 Å². The second kappa shape index (κ2) is 3.65. The van der Waals surface area contributed by atoms with E-state index in [2.05, 4.69) is 0 Å². The molecule has 0 radical (unpaired) electrons. The average molecular weight is 158 g/mol. The highest BCUT2D eigenvalue weighted by molar-refractivity contribution is 5.21. The quantitative estimate of drug-likeness (QED) is 0.549. The summed E-state index contributed by atoms with van der Waals surface area (Å²) in [5, 5.41) is 0. The first-order valence-corrected chi connectivity index (χ1v) is 3.93. The Morgan fingerprint density at radius 3 is 3.00 bits per heavy atom. The minimum atomic E-state index is -1.10. The number of rotatable bonds is 1.